The van der Waals surface area contributed by atoms with Crippen LogP contribution >= 0.6 is 0 Å². The predicted molar refractivity (Wildman–Crippen MR) is 60.1 cm³/mol. The van der Waals surface area contributed by atoms with E-state index in [1.165, 1.54) is 0 Å². The number of halogens is 3. The lowest BCUT2D eigenvalue weighted by atomic mass is 10.1. The van der Waals surface area contributed by atoms with Gasteiger partial charge in [0.2, 0.25) is 0 Å². The SMILES string of the molecule is Cc1cccc(OCCC(N)C(F)(F)F)c1C. The van der Waals surface area contributed by atoms with Gasteiger partial charge in [0.25, 0.3) is 0 Å². The molecular formula is C12H16F3NO. The molecule has 0 saturated carbocycles. The Kier molecular flexibility index (Phi) is 4.40. The summed E-state index contributed by atoms with van der Waals surface area (Å²) in [4.78, 5) is 0. The third kappa shape index (κ3) is 3.93. The molecule has 0 aromatic heterocycles. The van der Waals surface area contributed by atoms with Crippen molar-refractivity contribution in [3.8, 4) is 5.75 Å². The normalized spacial score (nSPS) is 13.5. The Morgan fingerprint density at radius 1 is 1.29 bits per heavy atom. The molecule has 5 heteroatoms. The zero-order valence-corrected chi connectivity index (χ0v) is 9.84. The van der Waals surface area contributed by atoms with Crippen LogP contribution in [0.2, 0.25) is 0 Å². The third-order valence-corrected chi connectivity index (χ3v) is 2.66. The second-order valence-corrected chi connectivity index (χ2v) is 3.98. The van der Waals surface area contributed by atoms with Gasteiger partial charge in [-0.15, -0.1) is 0 Å². The molecule has 0 bridgehead atoms. The Labute approximate surface area is 98.6 Å². The largest absolute Gasteiger partial charge is 0.493 e. The molecule has 1 atom stereocenters. The molecule has 2 nitrogen and oxygen atoms in total. The molecule has 1 rings (SSSR count). The minimum atomic E-state index is -4.36. The Bertz CT molecular complexity index is 377. The van der Waals surface area contributed by atoms with E-state index < -0.39 is 12.2 Å². The standard InChI is InChI=1S/C12H16F3NO/c1-8-4-3-5-10(9(8)2)17-7-6-11(16)12(13,14)15/h3-5,11H,6-7,16H2,1-2H3. The van der Waals surface area contributed by atoms with Crippen molar-refractivity contribution >= 4 is 0 Å². The molecule has 0 amide bonds. The van der Waals surface area contributed by atoms with Gasteiger partial charge in [-0.2, -0.15) is 13.2 Å². The van der Waals surface area contributed by atoms with Crippen LogP contribution in [0.5, 0.6) is 5.75 Å². The second kappa shape index (κ2) is 5.40. The number of hydrogen-bond acceptors (Lipinski definition) is 2. The van der Waals surface area contributed by atoms with Gasteiger partial charge in [0.05, 0.1) is 6.61 Å². The summed E-state index contributed by atoms with van der Waals surface area (Å²) in [6.07, 6.45) is -4.60. The van der Waals surface area contributed by atoms with E-state index in [1.807, 2.05) is 19.9 Å². The predicted octanol–water partition coefficient (Wildman–Crippen LogP) is 2.96. The maximum absolute atomic E-state index is 12.1. The minimum Gasteiger partial charge on any atom is -0.493 e. The van der Waals surface area contributed by atoms with Crippen LogP contribution in [0.25, 0.3) is 0 Å². The van der Waals surface area contributed by atoms with Crippen molar-refractivity contribution < 1.29 is 17.9 Å². The van der Waals surface area contributed by atoms with Gasteiger partial charge in [0.1, 0.15) is 11.8 Å². The Balaban J connectivity index is 2.49. The van der Waals surface area contributed by atoms with Crippen LogP contribution < -0.4 is 10.5 Å². The topological polar surface area (TPSA) is 35.2 Å². The minimum absolute atomic E-state index is 0.0367. The summed E-state index contributed by atoms with van der Waals surface area (Å²) in [7, 11) is 0. The molecule has 0 aliphatic heterocycles. The Hall–Kier alpha value is -1.23. The first kappa shape index (κ1) is 13.8. The van der Waals surface area contributed by atoms with E-state index in [2.05, 4.69) is 0 Å². The van der Waals surface area contributed by atoms with Crippen molar-refractivity contribution in [1.29, 1.82) is 0 Å². The number of aryl methyl sites for hydroxylation is 1. The average molecular weight is 247 g/mol. The zero-order valence-electron chi connectivity index (χ0n) is 9.84. The first-order chi connectivity index (χ1) is 7.82. The fourth-order valence-electron chi connectivity index (χ4n) is 1.34. The number of benzene rings is 1. The molecule has 0 fully saturated rings. The van der Waals surface area contributed by atoms with Crippen molar-refractivity contribution in [2.75, 3.05) is 6.61 Å². The van der Waals surface area contributed by atoms with E-state index in [1.54, 1.807) is 12.1 Å². The van der Waals surface area contributed by atoms with Gasteiger partial charge in [0, 0.05) is 6.42 Å². The molecule has 1 unspecified atom stereocenters. The van der Waals surface area contributed by atoms with Gasteiger partial charge < -0.3 is 10.5 Å². The average Bonchev–Trinajstić information content (AvgIpc) is 2.22. The van der Waals surface area contributed by atoms with Crippen molar-refractivity contribution in [1.82, 2.24) is 0 Å². The Morgan fingerprint density at radius 3 is 2.53 bits per heavy atom. The van der Waals surface area contributed by atoms with Crippen LogP contribution in [0.1, 0.15) is 17.5 Å². The van der Waals surface area contributed by atoms with Crippen LogP contribution in [-0.2, 0) is 0 Å². The molecule has 0 saturated heterocycles. The summed E-state index contributed by atoms with van der Waals surface area (Å²) in [5.41, 5.74) is 6.96. The lowest BCUT2D eigenvalue weighted by molar-refractivity contribution is -0.150. The summed E-state index contributed by atoms with van der Waals surface area (Å²) < 4.78 is 41.7. The highest BCUT2D eigenvalue weighted by molar-refractivity contribution is 5.38. The van der Waals surface area contributed by atoms with Crippen LogP contribution in [0, 0.1) is 13.8 Å². The van der Waals surface area contributed by atoms with Crippen LogP contribution in [0.3, 0.4) is 0 Å². The number of ether oxygens (including phenoxy) is 1. The van der Waals surface area contributed by atoms with Crippen molar-refractivity contribution in [2.24, 2.45) is 5.73 Å². The van der Waals surface area contributed by atoms with Gasteiger partial charge in [-0.3, -0.25) is 0 Å². The van der Waals surface area contributed by atoms with Gasteiger partial charge in [-0.1, -0.05) is 12.1 Å². The number of rotatable bonds is 4. The maximum Gasteiger partial charge on any atom is 0.403 e. The summed E-state index contributed by atoms with van der Waals surface area (Å²) >= 11 is 0. The van der Waals surface area contributed by atoms with Gasteiger partial charge in [0.15, 0.2) is 0 Å². The van der Waals surface area contributed by atoms with E-state index in [0.29, 0.717) is 5.75 Å². The second-order valence-electron chi connectivity index (χ2n) is 3.98. The molecule has 1 aromatic rings. The molecule has 0 aliphatic carbocycles. The van der Waals surface area contributed by atoms with E-state index >= 15 is 0 Å². The molecular weight excluding hydrogens is 231 g/mol. The molecule has 17 heavy (non-hydrogen) atoms. The monoisotopic (exact) mass is 247 g/mol. The van der Waals surface area contributed by atoms with Crippen molar-refractivity contribution in [3.63, 3.8) is 0 Å². The zero-order chi connectivity index (χ0) is 13.1. The van der Waals surface area contributed by atoms with Crippen molar-refractivity contribution in [2.45, 2.75) is 32.5 Å². The van der Waals surface area contributed by atoms with Gasteiger partial charge in [-0.05, 0) is 31.0 Å². The Morgan fingerprint density at radius 2 is 1.94 bits per heavy atom. The molecule has 0 radical (unpaired) electrons. The van der Waals surface area contributed by atoms with E-state index in [4.69, 9.17) is 10.5 Å². The van der Waals surface area contributed by atoms with E-state index in [0.717, 1.165) is 11.1 Å². The quantitative estimate of drug-likeness (QED) is 0.887. The summed E-state index contributed by atoms with van der Waals surface area (Å²) in [6, 6.07) is 3.64. The third-order valence-electron chi connectivity index (χ3n) is 2.66. The summed E-state index contributed by atoms with van der Waals surface area (Å²) in [6.45, 7) is 3.75. The fraction of sp³-hybridized carbons (Fsp3) is 0.500. The van der Waals surface area contributed by atoms with E-state index in [-0.39, 0.29) is 13.0 Å². The first-order valence-electron chi connectivity index (χ1n) is 5.33. The maximum atomic E-state index is 12.1. The molecule has 0 heterocycles. The molecule has 0 spiro atoms. The fourth-order valence-corrected chi connectivity index (χ4v) is 1.34. The molecule has 96 valence electrons. The van der Waals surface area contributed by atoms with E-state index in [9.17, 15) is 13.2 Å². The molecule has 2 N–H and O–H groups in total. The van der Waals surface area contributed by atoms with Crippen molar-refractivity contribution in [3.05, 3.63) is 29.3 Å². The molecule has 0 aliphatic rings. The first-order valence-corrected chi connectivity index (χ1v) is 5.33. The highest BCUT2D eigenvalue weighted by Crippen LogP contribution is 2.23. The smallest absolute Gasteiger partial charge is 0.403 e. The number of hydrogen-bond donors (Lipinski definition) is 1. The van der Waals surface area contributed by atoms with Gasteiger partial charge in [-0.25, -0.2) is 0 Å². The highest BCUT2D eigenvalue weighted by atomic mass is 19.4. The van der Waals surface area contributed by atoms with Crippen LogP contribution in [0.4, 0.5) is 13.2 Å². The van der Waals surface area contributed by atoms with Crippen LogP contribution in [-0.4, -0.2) is 18.8 Å². The lowest BCUT2D eigenvalue weighted by Crippen LogP contribution is -2.38. The lowest BCUT2D eigenvalue weighted by Gasteiger charge is -2.16. The highest BCUT2D eigenvalue weighted by Gasteiger charge is 2.36. The summed E-state index contributed by atoms with van der Waals surface area (Å²) in [5.74, 6) is 0.611. The van der Waals surface area contributed by atoms with Gasteiger partial charge >= 0.3 is 6.18 Å². The number of alkyl halides is 3. The van der Waals surface area contributed by atoms with Crippen LogP contribution in [0.15, 0.2) is 18.2 Å². The molecule has 1 aromatic carbocycles. The summed E-state index contributed by atoms with van der Waals surface area (Å²) in [5, 5.41) is 0. The number of nitrogens with two attached hydrogens (primary N) is 1.